The summed E-state index contributed by atoms with van der Waals surface area (Å²) in [5.74, 6) is 0.765. The molecule has 0 saturated carbocycles. The lowest BCUT2D eigenvalue weighted by Gasteiger charge is -2.40. The molecule has 0 unspecified atom stereocenters. The van der Waals surface area contributed by atoms with Crippen LogP contribution in [-0.4, -0.2) is 47.6 Å². The van der Waals surface area contributed by atoms with Crippen molar-refractivity contribution in [2.24, 2.45) is 0 Å². The van der Waals surface area contributed by atoms with Gasteiger partial charge in [0, 0.05) is 31.6 Å². The fourth-order valence-electron chi connectivity index (χ4n) is 5.09. The molecule has 0 atom stereocenters. The Labute approximate surface area is 201 Å². The van der Waals surface area contributed by atoms with Crippen LogP contribution in [0.1, 0.15) is 23.1 Å². The van der Waals surface area contributed by atoms with Crippen LogP contribution in [0.2, 0.25) is 0 Å². The molecular formula is C29H31N5. The van der Waals surface area contributed by atoms with E-state index in [1.807, 2.05) is 0 Å². The predicted octanol–water partition coefficient (Wildman–Crippen LogP) is 4.61. The number of anilines is 2. The number of nitrogen functional groups attached to an aromatic ring is 1. The van der Waals surface area contributed by atoms with Gasteiger partial charge in [-0.2, -0.15) is 0 Å². The SMILES string of the molecule is Nc1cnc(N2CCN(CCC(c3ccccc3)(c3ccccc3)c3ccccc3)CC2)nc1. The van der Waals surface area contributed by atoms with Gasteiger partial charge in [-0.3, -0.25) is 4.90 Å². The summed E-state index contributed by atoms with van der Waals surface area (Å²) in [4.78, 5) is 13.6. The zero-order valence-corrected chi connectivity index (χ0v) is 19.4. The Morgan fingerprint density at radius 2 is 1.09 bits per heavy atom. The number of nitrogens with zero attached hydrogens (tertiary/aromatic N) is 4. The van der Waals surface area contributed by atoms with Gasteiger partial charge in [-0.05, 0) is 29.7 Å². The summed E-state index contributed by atoms with van der Waals surface area (Å²) >= 11 is 0. The first-order chi connectivity index (χ1) is 16.8. The van der Waals surface area contributed by atoms with Crippen LogP contribution in [0.3, 0.4) is 0 Å². The molecule has 0 spiro atoms. The highest BCUT2D eigenvalue weighted by Crippen LogP contribution is 2.42. The quantitative estimate of drug-likeness (QED) is 0.418. The molecule has 4 aromatic rings. The summed E-state index contributed by atoms with van der Waals surface area (Å²) in [5.41, 5.74) is 10.1. The summed E-state index contributed by atoms with van der Waals surface area (Å²) < 4.78 is 0. The van der Waals surface area contributed by atoms with E-state index in [2.05, 4.69) is 111 Å². The number of aromatic nitrogens is 2. The average molecular weight is 450 g/mol. The van der Waals surface area contributed by atoms with Crippen molar-refractivity contribution in [1.29, 1.82) is 0 Å². The molecule has 5 nitrogen and oxygen atoms in total. The number of rotatable bonds is 7. The van der Waals surface area contributed by atoms with Gasteiger partial charge in [-0.25, -0.2) is 9.97 Å². The predicted molar refractivity (Wildman–Crippen MR) is 139 cm³/mol. The van der Waals surface area contributed by atoms with Crippen LogP contribution in [0.5, 0.6) is 0 Å². The van der Waals surface area contributed by atoms with Gasteiger partial charge in [0.05, 0.1) is 18.1 Å². The Hall–Kier alpha value is -3.70. The fourth-order valence-corrected chi connectivity index (χ4v) is 5.09. The van der Waals surface area contributed by atoms with Crippen molar-refractivity contribution in [3.63, 3.8) is 0 Å². The molecule has 5 rings (SSSR count). The molecule has 0 radical (unpaired) electrons. The summed E-state index contributed by atoms with van der Waals surface area (Å²) in [6, 6.07) is 32.9. The van der Waals surface area contributed by atoms with Crippen molar-refractivity contribution in [2.45, 2.75) is 11.8 Å². The van der Waals surface area contributed by atoms with Crippen LogP contribution >= 0.6 is 0 Å². The molecule has 0 bridgehead atoms. The van der Waals surface area contributed by atoms with Crippen LogP contribution in [-0.2, 0) is 5.41 Å². The van der Waals surface area contributed by atoms with Crippen molar-refractivity contribution < 1.29 is 0 Å². The Morgan fingerprint density at radius 1 is 0.647 bits per heavy atom. The first kappa shape index (κ1) is 22.1. The van der Waals surface area contributed by atoms with E-state index >= 15 is 0 Å². The molecule has 5 heteroatoms. The second kappa shape index (κ2) is 10.1. The molecule has 2 N–H and O–H groups in total. The minimum Gasteiger partial charge on any atom is -0.396 e. The number of hydrogen-bond donors (Lipinski definition) is 1. The van der Waals surface area contributed by atoms with Crippen LogP contribution < -0.4 is 10.6 Å². The molecule has 0 amide bonds. The number of piperazine rings is 1. The topological polar surface area (TPSA) is 58.3 Å². The third-order valence-corrected chi connectivity index (χ3v) is 6.92. The molecule has 1 saturated heterocycles. The van der Waals surface area contributed by atoms with Crippen molar-refractivity contribution in [3.05, 3.63) is 120 Å². The van der Waals surface area contributed by atoms with Crippen molar-refractivity contribution in [2.75, 3.05) is 43.4 Å². The van der Waals surface area contributed by atoms with Gasteiger partial charge in [0.15, 0.2) is 0 Å². The van der Waals surface area contributed by atoms with Gasteiger partial charge >= 0.3 is 0 Å². The third-order valence-electron chi connectivity index (χ3n) is 6.92. The second-order valence-electron chi connectivity index (χ2n) is 8.90. The minimum atomic E-state index is -0.207. The highest BCUT2D eigenvalue weighted by Gasteiger charge is 2.36. The van der Waals surface area contributed by atoms with Crippen molar-refractivity contribution in [1.82, 2.24) is 14.9 Å². The Balaban J connectivity index is 1.40. The molecular weight excluding hydrogens is 418 g/mol. The van der Waals surface area contributed by atoms with E-state index in [0.717, 1.165) is 45.1 Å². The maximum Gasteiger partial charge on any atom is 0.225 e. The number of hydrogen-bond acceptors (Lipinski definition) is 5. The lowest BCUT2D eigenvalue weighted by atomic mass is 9.67. The van der Waals surface area contributed by atoms with Gasteiger partial charge in [-0.1, -0.05) is 91.0 Å². The first-order valence-corrected chi connectivity index (χ1v) is 12.0. The van der Waals surface area contributed by atoms with Gasteiger partial charge in [0.1, 0.15) is 0 Å². The van der Waals surface area contributed by atoms with Crippen molar-refractivity contribution >= 4 is 11.6 Å². The fraction of sp³-hybridized carbons (Fsp3) is 0.241. The standard InChI is InChI=1S/C29H31N5/c30-27-22-31-28(32-23-27)34-20-18-33(19-21-34)17-16-29(24-10-4-1-5-11-24,25-12-6-2-7-13-25)26-14-8-3-9-15-26/h1-15,22-23H,16-21,30H2. The Morgan fingerprint density at radius 3 is 1.53 bits per heavy atom. The maximum atomic E-state index is 5.75. The van der Waals surface area contributed by atoms with E-state index in [0.29, 0.717) is 5.69 Å². The molecule has 3 aromatic carbocycles. The summed E-state index contributed by atoms with van der Waals surface area (Å²) in [6.45, 7) is 4.82. The lowest BCUT2D eigenvalue weighted by molar-refractivity contribution is 0.241. The van der Waals surface area contributed by atoms with Gasteiger partial charge < -0.3 is 10.6 Å². The number of nitrogens with two attached hydrogens (primary N) is 1. The van der Waals surface area contributed by atoms with Crippen LogP contribution in [0.25, 0.3) is 0 Å². The zero-order chi connectivity index (χ0) is 23.2. The molecule has 34 heavy (non-hydrogen) atoms. The zero-order valence-electron chi connectivity index (χ0n) is 19.4. The van der Waals surface area contributed by atoms with Gasteiger partial charge in [-0.15, -0.1) is 0 Å². The second-order valence-corrected chi connectivity index (χ2v) is 8.90. The Bertz CT molecular complexity index is 1060. The van der Waals surface area contributed by atoms with Gasteiger partial charge in [0.2, 0.25) is 5.95 Å². The van der Waals surface area contributed by atoms with Crippen LogP contribution in [0.15, 0.2) is 103 Å². The minimum absolute atomic E-state index is 0.207. The largest absolute Gasteiger partial charge is 0.396 e. The van der Waals surface area contributed by atoms with E-state index < -0.39 is 0 Å². The van der Waals surface area contributed by atoms with Crippen LogP contribution in [0.4, 0.5) is 11.6 Å². The van der Waals surface area contributed by atoms with E-state index in [1.54, 1.807) is 12.4 Å². The van der Waals surface area contributed by atoms with E-state index in [9.17, 15) is 0 Å². The van der Waals surface area contributed by atoms with E-state index in [1.165, 1.54) is 16.7 Å². The highest BCUT2D eigenvalue weighted by atomic mass is 15.3. The summed E-state index contributed by atoms with van der Waals surface area (Å²) in [6.07, 6.45) is 4.37. The average Bonchev–Trinajstić information content (AvgIpc) is 2.92. The number of benzene rings is 3. The molecule has 1 aliphatic rings. The van der Waals surface area contributed by atoms with Crippen LogP contribution in [0, 0.1) is 0 Å². The van der Waals surface area contributed by atoms with E-state index in [4.69, 9.17) is 5.73 Å². The third kappa shape index (κ3) is 4.52. The molecule has 1 aromatic heterocycles. The van der Waals surface area contributed by atoms with Gasteiger partial charge in [0.25, 0.3) is 0 Å². The molecule has 172 valence electrons. The molecule has 1 aliphatic heterocycles. The van der Waals surface area contributed by atoms with Crippen molar-refractivity contribution in [3.8, 4) is 0 Å². The smallest absolute Gasteiger partial charge is 0.225 e. The Kier molecular flexibility index (Phi) is 6.54. The molecule has 1 fully saturated rings. The highest BCUT2D eigenvalue weighted by molar-refractivity contribution is 5.50. The molecule has 2 heterocycles. The summed E-state index contributed by atoms with van der Waals surface area (Å²) in [7, 11) is 0. The van der Waals surface area contributed by atoms with E-state index in [-0.39, 0.29) is 5.41 Å². The lowest BCUT2D eigenvalue weighted by Crippen LogP contribution is -2.48. The maximum absolute atomic E-state index is 5.75. The summed E-state index contributed by atoms with van der Waals surface area (Å²) in [5, 5.41) is 0. The normalized spacial score (nSPS) is 14.8. The molecule has 0 aliphatic carbocycles. The first-order valence-electron chi connectivity index (χ1n) is 12.0. The monoisotopic (exact) mass is 449 g/mol.